The summed E-state index contributed by atoms with van der Waals surface area (Å²) in [6, 6.07) is 56.9. The molecule has 0 N–H and O–H groups in total. The molecule has 354 valence electrons. The summed E-state index contributed by atoms with van der Waals surface area (Å²) in [6.07, 6.45) is 9.23. The SMILES string of the molecule is Cc1cc2c3c(c1)N(c1c(C)cc(C4=CCCC=C4)cc1C)c1cc4c(cc1B3c1ccc(C(C)(C)C)cc1N2c1ccc2c(c1)C(C)(C)c1ccccc1-2)c1cc(C(C)(C)C)ccc1n4-c1ccccc1. The first-order valence-electron chi connectivity index (χ1n) is 26.3. The third-order valence-electron chi connectivity index (χ3n) is 16.7. The smallest absolute Gasteiger partial charge is 0.252 e. The standard InChI is InChI=1S/C68H64BN3/c1-41-32-62-64-63(33-41)72(65-42(2)34-45(35-43(65)3)44-20-14-12-15-21-44)61-40-59-53(52-36-46(66(4,5)6)27-31-58(52)70(59)48-22-16-13-17-23-48)39-57(61)69(64)56-30-26-47(67(7,8)9)37-60(56)71(62)49-28-29-51-50-24-18-19-25-54(50)68(10,11)55(51)38-49/h13-14,16-40H,12,15H2,1-11H3. The Hall–Kier alpha value is -7.30. The van der Waals surface area contributed by atoms with Crippen molar-refractivity contribution < 1.29 is 0 Å². The monoisotopic (exact) mass is 934 g/mol. The number of benzene rings is 8. The molecule has 4 heteroatoms. The molecule has 0 amide bonds. The molecule has 1 aromatic heterocycles. The van der Waals surface area contributed by atoms with Crippen molar-refractivity contribution in [1.82, 2.24) is 4.57 Å². The normalized spacial score (nSPS) is 15.4. The van der Waals surface area contributed by atoms with Crippen LogP contribution in [0.15, 0.2) is 164 Å². The van der Waals surface area contributed by atoms with Gasteiger partial charge in [0.1, 0.15) is 0 Å². The van der Waals surface area contributed by atoms with Gasteiger partial charge in [-0.25, -0.2) is 0 Å². The summed E-state index contributed by atoms with van der Waals surface area (Å²) in [5, 5.41) is 2.57. The first kappa shape index (κ1) is 44.6. The number of hydrogen-bond acceptors (Lipinski definition) is 2. The molecule has 0 bridgehead atoms. The van der Waals surface area contributed by atoms with Crippen molar-refractivity contribution in [2.75, 3.05) is 9.80 Å². The molecule has 72 heavy (non-hydrogen) atoms. The minimum Gasteiger partial charge on any atom is -0.311 e. The van der Waals surface area contributed by atoms with Crippen LogP contribution in [0.2, 0.25) is 0 Å². The summed E-state index contributed by atoms with van der Waals surface area (Å²) in [4.78, 5) is 5.30. The van der Waals surface area contributed by atoms with Crippen LogP contribution in [0, 0.1) is 20.8 Å². The molecule has 13 rings (SSSR count). The Balaban J connectivity index is 1.15. The fourth-order valence-corrected chi connectivity index (χ4v) is 13.1. The molecular formula is C68H64BN3. The lowest BCUT2D eigenvalue weighted by molar-refractivity contribution is 0.590. The van der Waals surface area contributed by atoms with E-state index < -0.39 is 0 Å². The third kappa shape index (κ3) is 6.56. The lowest BCUT2D eigenvalue weighted by Gasteiger charge is -2.45. The average Bonchev–Trinajstić information content (AvgIpc) is 3.80. The van der Waals surface area contributed by atoms with Gasteiger partial charge in [0.05, 0.1) is 16.7 Å². The second-order valence-electron chi connectivity index (χ2n) is 23.9. The van der Waals surface area contributed by atoms with Gasteiger partial charge in [0.25, 0.3) is 6.71 Å². The summed E-state index contributed by atoms with van der Waals surface area (Å²) >= 11 is 0. The molecule has 2 aliphatic heterocycles. The van der Waals surface area contributed by atoms with Crippen LogP contribution in [0.25, 0.3) is 44.2 Å². The average molecular weight is 934 g/mol. The number of para-hydroxylation sites is 1. The van der Waals surface area contributed by atoms with Crippen molar-refractivity contribution >= 4 is 84.6 Å². The lowest BCUT2D eigenvalue weighted by Crippen LogP contribution is -2.61. The number of aromatic nitrogens is 1. The molecule has 8 aromatic carbocycles. The second-order valence-corrected chi connectivity index (χ2v) is 23.9. The van der Waals surface area contributed by atoms with Gasteiger partial charge < -0.3 is 14.4 Å². The zero-order valence-corrected chi connectivity index (χ0v) is 43.9. The molecule has 0 spiro atoms. The summed E-state index contributed by atoms with van der Waals surface area (Å²) in [5.74, 6) is 0. The number of allylic oxidation sites excluding steroid dienone is 4. The number of rotatable bonds is 4. The quantitative estimate of drug-likeness (QED) is 0.163. The summed E-state index contributed by atoms with van der Waals surface area (Å²) in [5.41, 5.74) is 29.4. The van der Waals surface area contributed by atoms with E-state index in [0.717, 1.165) is 12.8 Å². The molecule has 0 atom stereocenters. The highest BCUT2D eigenvalue weighted by atomic mass is 15.2. The molecule has 0 saturated carbocycles. The first-order valence-corrected chi connectivity index (χ1v) is 26.3. The van der Waals surface area contributed by atoms with E-state index in [2.05, 4.69) is 254 Å². The number of aryl methyl sites for hydroxylation is 3. The van der Waals surface area contributed by atoms with Gasteiger partial charge in [0.15, 0.2) is 0 Å². The Morgan fingerprint density at radius 3 is 1.89 bits per heavy atom. The van der Waals surface area contributed by atoms with E-state index in [1.165, 1.54) is 139 Å². The van der Waals surface area contributed by atoms with E-state index in [9.17, 15) is 0 Å². The Labute approximate surface area is 427 Å². The van der Waals surface area contributed by atoms with E-state index in [0.29, 0.717) is 0 Å². The maximum Gasteiger partial charge on any atom is 0.252 e. The molecule has 0 saturated heterocycles. The maximum atomic E-state index is 2.67. The van der Waals surface area contributed by atoms with Gasteiger partial charge in [0, 0.05) is 50.3 Å². The van der Waals surface area contributed by atoms with E-state index >= 15 is 0 Å². The van der Waals surface area contributed by atoms with Gasteiger partial charge in [0.2, 0.25) is 0 Å². The van der Waals surface area contributed by atoms with Crippen molar-refractivity contribution in [3.8, 4) is 16.8 Å². The fraction of sp³-hybridized carbons (Fsp3) is 0.235. The van der Waals surface area contributed by atoms with Crippen LogP contribution in [-0.2, 0) is 16.2 Å². The molecule has 3 heterocycles. The van der Waals surface area contributed by atoms with Crippen LogP contribution in [0.4, 0.5) is 34.1 Å². The lowest BCUT2D eigenvalue weighted by atomic mass is 9.33. The number of hydrogen-bond donors (Lipinski definition) is 0. The summed E-state index contributed by atoms with van der Waals surface area (Å²) in [6.45, 7) is 25.8. The Kier molecular flexibility index (Phi) is 9.67. The molecule has 0 fully saturated rings. The molecule has 4 aliphatic rings. The van der Waals surface area contributed by atoms with Crippen molar-refractivity contribution in [1.29, 1.82) is 0 Å². The van der Waals surface area contributed by atoms with Gasteiger partial charge in [-0.1, -0.05) is 146 Å². The second kappa shape index (κ2) is 15.6. The van der Waals surface area contributed by atoms with E-state index in [4.69, 9.17) is 0 Å². The van der Waals surface area contributed by atoms with E-state index in [1.54, 1.807) is 0 Å². The highest BCUT2D eigenvalue weighted by Gasteiger charge is 2.45. The van der Waals surface area contributed by atoms with Crippen LogP contribution in [0.1, 0.15) is 113 Å². The summed E-state index contributed by atoms with van der Waals surface area (Å²) < 4.78 is 2.51. The minimum atomic E-state index is -0.139. The van der Waals surface area contributed by atoms with Gasteiger partial charge in [-0.3, -0.25) is 0 Å². The van der Waals surface area contributed by atoms with Crippen molar-refractivity contribution in [3.05, 3.63) is 208 Å². The van der Waals surface area contributed by atoms with Crippen LogP contribution < -0.4 is 26.2 Å². The molecule has 0 unspecified atom stereocenters. The highest BCUT2D eigenvalue weighted by molar-refractivity contribution is 7.00. The zero-order chi connectivity index (χ0) is 49.7. The predicted molar refractivity (Wildman–Crippen MR) is 310 cm³/mol. The minimum absolute atomic E-state index is 0.0111. The fourth-order valence-electron chi connectivity index (χ4n) is 13.1. The van der Waals surface area contributed by atoms with Gasteiger partial charge >= 0.3 is 0 Å². The number of fused-ring (bicyclic) bond motifs is 10. The molecule has 9 aromatic rings. The maximum absolute atomic E-state index is 2.67. The number of nitrogens with zero attached hydrogens (tertiary/aromatic N) is 3. The van der Waals surface area contributed by atoms with Crippen molar-refractivity contribution in [2.45, 2.75) is 105 Å². The molecular weight excluding hydrogens is 870 g/mol. The number of anilines is 6. The van der Waals surface area contributed by atoms with Crippen LogP contribution in [0.5, 0.6) is 0 Å². The third-order valence-corrected chi connectivity index (χ3v) is 16.7. The zero-order valence-electron chi connectivity index (χ0n) is 43.9. The Bertz CT molecular complexity index is 3820. The highest BCUT2D eigenvalue weighted by Crippen LogP contribution is 2.53. The van der Waals surface area contributed by atoms with E-state index in [1.807, 2.05) is 0 Å². The largest absolute Gasteiger partial charge is 0.311 e. The molecule has 2 aliphatic carbocycles. The first-order chi connectivity index (χ1) is 34.5. The Morgan fingerprint density at radius 2 is 1.17 bits per heavy atom. The topological polar surface area (TPSA) is 11.4 Å². The summed E-state index contributed by atoms with van der Waals surface area (Å²) in [7, 11) is 0. The van der Waals surface area contributed by atoms with Crippen LogP contribution in [-0.4, -0.2) is 11.3 Å². The van der Waals surface area contributed by atoms with Crippen LogP contribution in [0.3, 0.4) is 0 Å². The van der Waals surface area contributed by atoms with Crippen molar-refractivity contribution in [3.63, 3.8) is 0 Å². The van der Waals surface area contributed by atoms with E-state index in [-0.39, 0.29) is 23.0 Å². The van der Waals surface area contributed by atoms with Gasteiger partial charge in [-0.15, -0.1) is 0 Å². The Morgan fingerprint density at radius 1 is 0.514 bits per heavy atom. The van der Waals surface area contributed by atoms with Crippen LogP contribution >= 0.6 is 0 Å². The predicted octanol–water partition coefficient (Wildman–Crippen LogP) is 16.4. The van der Waals surface area contributed by atoms with Crippen molar-refractivity contribution in [2.24, 2.45) is 0 Å². The molecule has 0 radical (unpaired) electrons. The van der Waals surface area contributed by atoms with Gasteiger partial charge in [-0.2, -0.15) is 0 Å². The molecule has 3 nitrogen and oxygen atoms in total. The van der Waals surface area contributed by atoms with Gasteiger partial charge in [-0.05, 0) is 195 Å².